The summed E-state index contributed by atoms with van der Waals surface area (Å²) in [5, 5.41) is 7.21. The molecule has 2 aromatic rings. The first-order valence-electron chi connectivity index (χ1n) is 5.22. The second-order valence-electron chi connectivity index (χ2n) is 3.55. The Morgan fingerprint density at radius 3 is 2.95 bits per heavy atom. The highest BCUT2D eigenvalue weighted by molar-refractivity contribution is 8.00. The summed E-state index contributed by atoms with van der Waals surface area (Å²) in [4.78, 5) is 16.3. The number of anilines is 1. The highest BCUT2D eigenvalue weighted by Crippen LogP contribution is 2.29. The summed E-state index contributed by atoms with van der Waals surface area (Å²) in [6, 6.07) is 5.09. The second kappa shape index (κ2) is 6.27. The fourth-order valence-electron chi connectivity index (χ4n) is 1.24. The van der Waals surface area contributed by atoms with E-state index in [-0.39, 0.29) is 17.6 Å². The van der Waals surface area contributed by atoms with Crippen LogP contribution in [0.15, 0.2) is 27.6 Å². The molecule has 1 aromatic heterocycles. The topological polar surface area (TPSA) is 68.0 Å². The summed E-state index contributed by atoms with van der Waals surface area (Å²) in [6.07, 6.45) is 0. The minimum Gasteiger partial charge on any atom is -0.338 e. The zero-order valence-electron chi connectivity index (χ0n) is 9.81. The molecule has 0 bridgehead atoms. The molecular weight excluding hydrogens is 309 g/mol. The third-order valence-corrected chi connectivity index (χ3v) is 3.76. The van der Waals surface area contributed by atoms with E-state index >= 15 is 0 Å². The van der Waals surface area contributed by atoms with E-state index in [2.05, 4.69) is 15.5 Å². The van der Waals surface area contributed by atoms with Crippen LogP contribution >= 0.6 is 35.0 Å². The van der Waals surface area contributed by atoms with E-state index < -0.39 is 0 Å². The van der Waals surface area contributed by atoms with Crippen LogP contribution in [0, 0.1) is 6.92 Å². The zero-order valence-corrected chi connectivity index (χ0v) is 12.1. The number of aromatic nitrogens is 2. The Kier molecular flexibility index (Phi) is 4.68. The molecule has 0 saturated heterocycles. The first-order valence-corrected chi connectivity index (χ1v) is 6.97. The normalized spacial score (nSPS) is 10.5. The number of carbonyl (C=O) groups is 1. The Morgan fingerprint density at radius 2 is 2.26 bits per heavy atom. The van der Waals surface area contributed by atoms with Crippen molar-refractivity contribution in [2.24, 2.45) is 0 Å². The Labute approximate surface area is 123 Å². The van der Waals surface area contributed by atoms with E-state index in [0.717, 1.165) is 4.90 Å². The van der Waals surface area contributed by atoms with Crippen molar-refractivity contribution in [1.82, 2.24) is 10.1 Å². The maximum atomic E-state index is 11.7. The van der Waals surface area contributed by atoms with Gasteiger partial charge in [0, 0.05) is 16.8 Å². The van der Waals surface area contributed by atoms with E-state index in [1.54, 1.807) is 25.1 Å². The number of nitrogens with zero attached hydrogens (tertiary/aromatic N) is 2. The van der Waals surface area contributed by atoms with Crippen molar-refractivity contribution in [3.05, 3.63) is 34.1 Å². The molecule has 0 aliphatic heterocycles. The highest BCUT2D eigenvalue weighted by Gasteiger charge is 2.09. The van der Waals surface area contributed by atoms with Crippen molar-refractivity contribution < 1.29 is 9.32 Å². The Hall–Kier alpha value is -1.24. The molecule has 0 radical (unpaired) electrons. The molecule has 0 saturated carbocycles. The monoisotopic (exact) mass is 317 g/mol. The molecule has 1 N–H and O–H groups in total. The van der Waals surface area contributed by atoms with Crippen molar-refractivity contribution >= 4 is 46.8 Å². The van der Waals surface area contributed by atoms with E-state index in [4.69, 9.17) is 27.7 Å². The number of rotatable bonds is 4. The van der Waals surface area contributed by atoms with Crippen LogP contribution in [0.3, 0.4) is 0 Å². The van der Waals surface area contributed by atoms with Crippen LogP contribution in [-0.4, -0.2) is 21.8 Å². The number of thioether (sulfide) groups is 1. The number of halogens is 2. The Balaban J connectivity index is 1.91. The first kappa shape index (κ1) is 14.2. The van der Waals surface area contributed by atoms with Crippen LogP contribution in [0.25, 0.3) is 0 Å². The fourth-order valence-corrected chi connectivity index (χ4v) is 2.53. The number of nitrogens with one attached hydrogen (secondary N) is 1. The van der Waals surface area contributed by atoms with Crippen molar-refractivity contribution in [2.45, 2.75) is 11.8 Å². The molecule has 0 atom stereocenters. The second-order valence-corrected chi connectivity index (χ2v) is 5.41. The average molecular weight is 318 g/mol. The summed E-state index contributed by atoms with van der Waals surface area (Å²) < 4.78 is 4.74. The summed E-state index contributed by atoms with van der Waals surface area (Å²) in [7, 11) is 0. The van der Waals surface area contributed by atoms with E-state index in [1.807, 2.05) is 0 Å². The Morgan fingerprint density at radius 1 is 1.47 bits per heavy atom. The maximum Gasteiger partial charge on any atom is 0.270 e. The SMILES string of the molecule is Cc1nc(NC(=O)CSc2cc(Cl)ccc2Cl)no1. The third-order valence-electron chi connectivity index (χ3n) is 2.03. The van der Waals surface area contributed by atoms with Crippen molar-refractivity contribution in [3.8, 4) is 0 Å². The summed E-state index contributed by atoms with van der Waals surface area (Å²) >= 11 is 13.1. The molecule has 8 heteroatoms. The van der Waals surface area contributed by atoms with E-state index in [1.165, 1.54) is 11.8 Å². The van der Waals surface area contributed by atoms with Crippen LogP contribution < -0.4 is 5.32 Å². The molecule has 0 fully saturated rings. The molecule has 0 spiro atoms. The van der Waals surface area contributed by atoms with E-state index in [9.17, 15) is 4.79 Å². The lowest BCUT2D eigenvalue weighted by atomic mass is 10.4. The van der Waals surface area contributed by atoms with Crippen molar-refractivity contribution in [2.75, 3.05) is 11.1 Å². The smallest absolute Gasteiger partial charge is 0.270 e. The standard InChI is InChI=1S/C11H9Cl2N3O2S/c1-6-14-11(16-18-6)15-10(17)5-19-9-4-7(12)2-3-8(9)13/h2-4H,5H2,1H3,(H,15,16,17). The minimum absolute atomic E-state index is 0.153. The molecule has 0 unspecified atom stereocenters. The molecule has 0 aliphatic rings. The molecule has 1 heterocycles. The molecule has 5 nitrogen and oxygen atoms in total. The van der Waals surface area contributed by atoms with Gasteiger partial charge in [0.15, 0.2) is 0 Å². The zero-order chi connectivity index (χ0) is 13.8. The van der Waals surface area contributed by atoms with E-state index in [0.29, 0.717) is 15.9 Å². The molecule has 2 rings (SSSR count). The third kappa shape index (κ3) is 4.12. The van der Waals surface area contributed by atoms with Crippen LogP contribution in [0.1, 0.15) is 5.89 Å². The molecule has 1 aromatic carbocycles. The first-order chi connectivity index (χ1) is 9.04. The number of hydrogen-bond donors (Lipinski definition) is 1. The predicted molar refractivity (Wildman–Crippen MR) is 74.9 cm³/mol. The average Bonchev–Trinajstić information content (AvgIpc) is 2.76. The quantitative estimate of drug-likeness (QED) is 0.875. The van der Waals surface area contributed by atoms with Gasteiger partial charge in [-0.3, -0.25) is 10.1 Å². The number of amides is 1. The van der Waals surface area contributed by atoms with Gasteiger partial charge in [-0.15, -0.1) is 11.8 Å². The van der Waals surface area contributed by atoms with Crippen molar-refractivity contribution in [3.63, 3.8) is 0 Å². The molecule has 1 amide bonds. The van der Waals surface area contributed by atoms with Crippen LogP contribution in [-0.2, 0) is 4.79 Å². The largest absolute Gasteiger partial charge is 0.338 e. The number of hydrogen-bond acceptors (Lipinski definition) is 5. The lowest BCUT2D eigenvalue weighted by Gasteiger charge is -2.04. The van der Waals surface area contributed by atoms with Crippen molar-refractivity contribution in [1.29, 1.82) is 0 Å². The molecule has 0 aliphatic carbocycles. The van der Waals surface area contributed by atoms with Gasteiger partial charge in [-0.25, -0.2) is 0 Å². The van der Waals surface area contributed by atoms with Gasteiger partial charge in [0.25, 0.3) is 5.95 Å². The lowest BCUT2D eigenvalue weighted by Crippen LogP contribution is -2.15. The van der Waals surface area contributed by atoms with Gasteiger partial charge in [-0.2, -0.15) is 4.98 Å². The van der Waals surface area contributed by atoms with Gasteiger partial charge < -0.3 is 4.52 Å². The lowest BCUT2D eigenvalue weighted by molar-refractivity contribution is -0.113. The van der Waals surface area contributed by atoms with Gasteiger partial charge in [0.1, 0.15) is 0 Å². The van der Waals surface area contributed by atoms with Gasteiger partial charge in [0.2, 0.25) is 11.8 Å². The fraction of sp³-hybridized carbons (Fsp3) is 0.182. The van der Waals surface area contributed by atoms with Crippen LogP contribution in [0.4, 0.5) is 5.95 Å². The van der Waals surface area contributed by atoms with Gasteiger partial charge >= 0.3 is 0 Å². The molecular formula is C11H9Cl2N3O2S. The highest BCUT2D eigenvalue weighted by atomic mass is 35.5. The van der Waals surface area contributed by atoms with Gasteiger partial charge in [0.05, 0.1) is 10.8 Å². The predicted octanol–water partition coefficient (Wildman–Crippen LogP) is 3.42. The number of benzene rings is 1. The number of aryl methyl sites for hydroxylation is 1. The summed E-state index contributed by atoms with van der Waals surface area (Å²) in [6.45, 7) is 1.64. The Bertz CT molecular complexity index is 603. The van der Waals surface area contributed by atoms with Crippen LogP contribution in [0.5, 0.6) is 0 Å². The van der Waals surface area contributed by atoms with Gasteiger partial charge in [-0.1, -0.05) is 23.2 Å². The number of carbonyl (C=O) groups excluding carboxylic acids is 1. The van der Waals surface area contributed by atoms with Gasteiger partial charge in [-0.05, 0) is 23.4 Å². The summed E-state index contributed by atoms with van der Waals surface area (Å²) in [5.74, 6) is 0.469. The minimum atomic E-state index is -0.248. The maximum absolute atomic E-state index is 11.7. The summed E-state index contributed by atoms with van der Waals surface area (Å²) in [5.41, 5.74) is 0. The van der Waals surface area contributed by atoms with Crippen LogP contribution in [0.2, 0.25) is 10.0 Å². The molecule has 100 valence electrons. The molecule has 19 heavy (non-hydrogen) atoms.